The molecule has 0 saturated heterocycles. The number of carbonyl (C=O) groups is 2. The largest absolute Gasteiger partial charge is 0.444 e. The van der Waals surface area contributed by atoms with Gasteiger partial charge in [-0.05, 0) is 61.7 Å². The molecule has 0 fully saturated rings. The predicted octanol–water partition coefficient (Wildman–Crippen LogP) is 4.55. The molecule has 0 unspecified atom stereocenters. The van der Waals surface area contributed by atoms with Gasteiger partial charge in [-0.3, -0.25) is 4.79 Å². The topological polar surface area (TPSA) is 84.7 Å². The fraction of sp³-hybridized carbons (Fsp3) is 0.364. The molecule has 0 saturated carbocycles. The average Bonchev–Trinajstić information content (AvgIpc) is 3.04. The maximum Gasteiger partial charge on any atom is 0.408 e. The number of ether oxygens (including phenoxy) is 1. The van der Waals surface area contributed by atoms with Gasteiger partial charge in [0, 0.05) is 35.2 Å². The number of nitrogen functional groups attached to an aromatic ring is 1. The molecule has 3 N–H and O–H groups in total. The summed E-state index contributed by atoms with van der Waals surface area (Å²) < 4.78 is 5.35. The van der Waals surface area contributed by atoms with Gasteiger partial charge in [0.25, 0.3) is 0 Å². The van der Waals surface area contributed by atoms with E-state index in [0.29, 0.717) is 34.4 Å². The lowest BCUT2D eigenvalue weighted by Crippen LogP contribution is -2.49. The van der Waals surface area contributed by atoms with Crippen LogP contribution in [-0.4, -0.2) is 28.5 Å². The molecule has 0 aliphatic carbocycles. The summed E-state index contributed by atoms with van der Waals surface area (Å²) in [4.78, 5) is 27.4. The third kappa shape index (κ3) is 5.58. The Kier molecular flexibility index (Phi) is 6.48. The first-order valence-electron chi connectivity index (χ1n) is 9.61. The van der Waals surface area contributed by atoms with Gasteiger partial charge in [0.2, 0.25) is 5.91 Å². The minimum Gasteiger partial charge on any atom is -0.444 e. The fourth-order valence-electron chi connectivity index (χ4n) is 3.35. The third-order valence-electron chi connectivity index (χ3n) is 4.69. The maximum atomic E-state index is 13.3. The highest BCUT2D eigenvalue weighted by Crippen LogP contribution is 2.27. The van der Waals surface area contributed by atoms with E-state index in [4.69, 9.17) is 33.7 Å². The van der Waals surface area contributed by atoms with Crippen LogP contribution in [-0.2, 0) is 29.0 Å². The Morgan fingerprint density at radius 1 is 1.13 bits per heavy atom. The van der Waals surface area contributed by atoms with Crippen LogP contribution in [0.25, 0.3) is 0 Å². The number of nitrogens with two attached hydrogens (primary N) is 1. The number of rotatable bonds is 4. The molecule has 2 amide bonds. The summed E-state index contributed by atoms with van der Waals surface area (Å²) in [5.41, 5.74) is 8.58. The van der Waals surface area contributed by atoms with Gasteiger partial charge < -0.3 is 20.7 Å². The van der Waals surface area contributed by atoms with Gasteiger partial charge >= 0.3 is 6.09 Å². The van der Waals surface area contributed by atoms with Crippen LogP contribution < -0.4 is 11.1 Å². The summed E-state index contributed by atoms with van der Waals surface area (Å²) in [5, 5.41) is 3.64. The molecule has 0 bridgehead atoms. The second kappa shape index (κ2) is 8.74. The zero-order valence-corrected chi connectivity index (χ0v) is 18.7. The number of amides is 2. The molecule has 0 spiro atoms. The standard InChI is InChI=1S/C22H25Cl2N3O3/c1-22(2,3)30-21(29)26-19(9-13-4-6-16(23)10-18(13)24)20(28)27-11-14-5-7-17(25)8-15(14)12-27/h4-8,10,19H,9,11-12,25H2,1-3H3,(H,26,29)/t19-/m1/s1. The van der Waals surface area contributed by atoms with Crippen LogP contribution in [0.1, 0.15) is 37.5 Å². The van der Waals surface area contributed by atoms with E-state index < -0.39 is 17.7 Å². The first-order valence-corrected chi connectivity index (χ1v) is 10.4. The Hall–Kier alpha value is -2.44. The summed E-state index contributed by atoms with van der Waals surface area (Å²) >= 11 is 12.3. The van der Waals surface area contributed by atoms with Gasteiger partial charge in [0.1, 0.15) is 11.6 Å². The normalized spacial score (nSPS) is 14.2. The number of alkyl carbamates (subject to hydrolysis) is 1. The van der Waals surface area contributed by atoms with E-state index >= 15 is 0 Å². The Morgan fingerprint density at radius 3 is 2.50 bits per heavy atom. The zero-order valence-electron chi connectivity index (χ0n) is 17.2. The Bertz CT molecular complexity index is 973. The molecule has 0 radical (unpaired) electrons. The molecule has 1 aliphatic heterocycles. The molecule has 1 atom stereocenters. The number of hydrogen-bond donors (Lipinski definition) is 2. The van der Waals surface area contributed by atoms with Crippen LogP contribution >= 0.6 is 23.2 Å². The van der Waals surface area contributed by atoms with Crippen molar-refractivity contribution in [1.82, 2.24) is 10.2 Å². The molecule has 8 heteroatoms. The molecule has 0 aromatic heterocycles. The summed E-state index contributed by atoms with van der Waals surface area (Å²) in [6, 6.07) is 9.83. The molecule has 2 aromatic rings. The minimum absolute atomic E-state index is 0.211. The minimum atomic E-state index is -0.842. The van der Waals surface area contributed by atoms with Crippen molar-refractivity contribution in [3.05, 3.63) is 63.1 Å². The van der Waals surface area contributed by atoms with Crippen LogP contribution in [0.15, 0.2) is 36.4 Å². The molecule has 6 nitrogen and oxygen atoms in total. The van der Waals surface area contributed by atoms with E-state index in [-0.39, 0.29) is 12.3 Å². The number of fused-ring (bicyclic) bond motifs is 1. The van der Waals surface area contributed by atoms with Crippen molar-refractivity contribution in [1.29, 1.82) is 0 Å². The number of carbonyl (C=O) groups excluding carboxylic acids is 2. The smallest absolute Gasteiger partial charge is 0.408 e. The highest BCUT2D eigenvalue weighted by molar-refractivity contribution is 6.35. The molecular weight excluding hydrogens is 425 g/mol. The number of halogens is 2. The first-order chi connectivity index (χ1) is 14.0. The van der Waals surface area contributed by atoms with Crippen LogP contribution in [0.3, 0.4) is 0 Å². The van der Waals surface area contributed by atoms with Crippen molar-refractivity contribution >= 4 is 40.9 Å². The molecule has 2 aromatic carbocycles. The van der Waals surface area contributed by atoms with Gasteiger partial charge in [0.05, 0.1) is 0 Å². The maximum absolute atomic E-state index is 13.3. The van der Waals surface area contributed by atoms with E-state index in [1.54, 1.807) is 43.9 Å². The van der Waals surface area contributed by atoms with Crippen molar-refractivity contribution in [3.8, 4) is 0 Å². The van der Waals surface area contributed by atoms with E-state index in [0.717, 1.165) is 11.1 Å². The van der Waals surface area contributed by atoms with E-state index in [2.05, 4.69) is 5.32 Å². The van der Waals surface area contributed by atoms with Crippen LogP contribution in [0.2, 0.25) is 10.0 Å². The SMILES string of the molecule is CC(C)(C)OC(=O)N[C@H](Cc1ccc(Cl)cc1Cl)C(=O)N1Cc2ccc(N)cc2C1. The molecule has 1 heterocycles. The summed E-state index contributed by atoms with van der Waals surface area (Å²) in [7, 11) is 0. The molecule has 3 rings (SSSR count). The second-order valence-electron chi connectivity index (χ2n) is 8.36. The van der Waals surface area contributed by atoms with Crippen LogP contribution in [0.4, 0.5) is 10.5 Å². The second-order valence-corrected chi connectivity index (χ2v) is 9.20. The van der Waals surface area contributed by atoms with Crippen LogP contribution in [0, 0.1) is 0 Å². The number of hydrogen-bond acceptors (Lipinski definition) is 4. The highest BCUT2D eigenvalue weighted by atomic mass is 35.5. The Labute approximate surface area is 186 Å². The first kappa shape index (κ1) is 22.2. The number of benzene rings is 2. The summed E-state index contributed by atoms with van der Waals surface area (Å²) in [6.45, 7) is 6.18. The van der Waals surface area contributed by atoms with Gasteiger partial charge in [-0.25, -0.2) is 4.79 Å². The van der Waals surface area contributed by atoms with E-state index in [1.807, 2.05) is 18.2 Å². The Balaban J connectivity index is 1.81. The van der Waals surface area contributed by atoms with Gasteiger partial charge in [-0.15, -0.1) is 0 Å². The van der Waals surface area contributed by atoms with Crippen molar-refractivity contribution in [2.75, 3.05) is 5.73 Å². The summed E-state index contributed by atoms with van der Waals surface area (Å²) in [5.74, 6) is -0.221. The number of nitrogens with one attached hydrogen (secondary N) is 1. The Morgan fingerprint density at radius 2 is 1.83 bits per heavy atom. The van der Waals surface area contributed by atoms with Crippen molar-refractivity contribution in [2.24, 2.45) is 0 Å². The van der Waals surface area contributed by atoms with Gasteiger partial charge in [-0.1, -0.05) is 35.3 Å². The number of nitrogens with zero attached hydrogens (tertiary/aromatic N) is 1. The van der Waals surface area contributed by atoms with Crippen molar-refractivity contribution < 1.29 is 14.3 Å². The quantitative estimate of drug-likeness (QED) is 0.670. The molecule has 30 heavy (non-hydrogen) atoms. The van der Waals surface area contributed by atoms with Crippen molar-refractivity contribution in [3.63, 3.8) is 0 Å². The van der Waals surface area contributed by atoms with Gasteiger partial charge in [-0.2, -0.15) is 0 Å². The highest BCUT2D eigenvalue weighted by Gasteiger charge is 2.32. The average molecular weight is 450 g/mol. The lowest BCUT2D eigenvalue weighted by Gasteiger charge is -2.26. The zero-order chi connectivity index (χ0) is 22.1. The van der Waals surface area contributed by atoms with Gasteiger partial charge in [0.15, 0.2) is 0 Å². The van der Waals surface area contributed by atoms with E-state index in [9.17, 15) is 9.59 Å². The predicted molar refractivity (Wildman–Crippen MR) is 118 cm³/mol. The third-order valence-corrected chi connectivity index (χ3v) is 5.28. The molecular formula is C22H25Cl2N3O3. The number of anilines is 1. The fourth-order valence-corrected chi connectivity index (χ4v) is 3.83. The summed E-state index contributed by atoms with van der Waals surface area (Å²) in [6.07, 6.45) is -0.449. The molecule has 1 aliphatic rings. The van der Waals surface area contributed by atoms with Crippen molar-refractivity contribution in [2.45, 2.75) is 51.9 Å². The lowest BCUT2D eigenvalue weighted by atomic mass is 10.0. The monoisotopic (exact) mass is 449 g/mol. The van der Waals surface area contributed by atoms with Crippen LogP contribution in [0.5, 0.6) is 0 Å². The molecule has 160 valence electrons. The lowest BCUT2D eigenvalue weighted by molar-refractivity contribution is -0.134. The van der Waals surface area contributed by atoms with E-state index in [1.165, 1.54) is 0 Å².